The van der Waals surface area contributed by atoms with Gasteiger partial charge in [-0.2, -0.15) is 0 Å². The quantitative estimate of drug-likeness (QED) is 0.279. The number of allylic oxidation sites excluding steroid dienone is 6. The molecule has 0 saturated carbocycles. The summed E-state index contributed by atoms with van der Waals surface area (Å²) < 4.78 is 18.1. The van der Waals surface area contributed by atoms with Crippen molar-refractivity contribution in [2.75, 3.05) is 27.2 Å². The van der Waals surface area contributed by atoms with Crippen LogP contribution in [0.3, 0.4) is 0 Å². The minimum Gasteiger partial charge on any atom is -0.611 e. The van der Waals surface area contributed by atoms with Crippen molar-refractivity contribution in [1.29, 1.82) is 10.8 Å². The van der Waals surface area contributed by atoms with Gasteiger partial charge in [-0.05, 0) is 82.4 Å². The van der Waals surface area contributed by atoms with Crippen LogP contribution in [-0.2, 0) is 15.9 Å². The average Bonchev–Trinajstić information content (AvgIpc) is 2.80. The van der Waals surface area contributed by atoms with Crippen LogP contribution >= 0.6 is 0 Å². The lowest BCUT2D eigenvalue weighted by Crippen LogP contribution is -2.33. The van der Waals surface area contributed by atoms with E-state index in [1.165, 1.54) is 5.57 Å². The molecule has 0 fully saturated rings. The molecule has 1 heterocycles. The summed E-state index contributed by atoms with van der Waals surface area (Å²) in [7, 11) is 3.90. The van der Waals surface area contributed by atoms with Crippen LogP contribution in [0.5, 0.6) is 0 Å². The van der Waals surface area contributed by atoms with Crippen LogP contribution in [-0.4, -0.2) is 59.4 Å². The Hall–Kier alpha value is -2.42. The Labute approximate surface area is 206 Å². The van der Waals surface area contributed by atoms with E-state index in [1.807, 2.05) is 53.9 Å². The molecule has 34 heavy (non-hydrogen) atoms. The second-order valence-electron chi connectivity index (χ2n) is 9.27. The normalized spacial score (nSPS) is 20.1. The van der Waals surface area contributed by atoms with E-state index in [4.69, 9.17) is 20.5 Å². The second kappa shape index (κ2) is 11.3. The number of likely N-dealkylation sites (N-methyl/N-ethyl adjacent to an activating group) is 1. The molecule has 1 aliphatic heterocycles. The highest BCUT2D eigenvalue weighted by molar-refractivity contribution is 7.95. The maximum absolute atomic E-state index is 12.4. The van der Waals surface area contributed by atoms with Crippen molar-refractivity contribution >= 4 is 28.7 Å². The third kappa shape index (κ3) is 5.98. The molecule has 1 atom stereocenters. The van der Waals surface area contributed by atoms with Gasteiger partial charge in [-0.1, -0.05) is 17.7 Å². The van der Waals surface area contributed by atoms with Crippen LogP contribution in [0.4, 0.5) is 0 Å². The van der Waals surface area contributed by atoms with Crippen molar-refractivity contribution in [3.63, 3.8) is 0 Å². The summed E-state index contributed by atoms with van der Waals surface area (Å²) in [6, 6.07) is 0. The molecular formula is C26H37N5O2S. The molecule has 3 rings (SSSR count). The van der Waals surface area contributed by atoms with Crippen LogP contribution in [0.25, 0.3) is 0 Å². The molecular weight excluding hydrogens is 446 g/mol. The molecule has 7 nitrogen and oxygen atoms in total. The number of nitrogens with zero attached hydrogens (tertiary/aromatic N) is 2. The first-order valence-electron chi connectivity index (χ1n) is 11.8. The predicted molar refractivity (Wildman–Crippen MR) is 142 cm³/mol. The molecule has 0 aromatic rings. The zero-order chi connectivity index (χ0) is 25.0. The topological polar surface area (TPSA) is 108 Å². The van der Waals surface area contributed by atoms with Crippen molar-refractivity contribution in [1.82, 2.24) is 10.2 Å². The van der Waals surface area contributed by atoms with Gasteiger partial charge >= 0.3 is 0 Å². The Morgan fingerprint density at radius 1 is 1.18 bits per heavy atom. The summed E-state index contributed by atoms with van der Waals surface area (Å²) in [6.07, 6.45) is 9.24. The maximum atomic E-state index is 12.4. The second-order valence-corrected chi connectivity index (χ2v) is 11.3. The van der Waals surface area contributed by atoms with Gasteiger partial charge in [-0.15, -0.1) is 0 Å². The summed E-state index contributed by atoms with van der Waals surface area (Å²) in [5, 5.41) is 20.4. The molecule has 0 bridgehead atoms. The van der Waals surface area contributed by atoms with Crippen molar-refractivity contribution in [2.24, 2.45) is 4.99 Å². The molecule has 0 amide bonds. The molecule has 184 valence electrons. The Kier molecular flexibility index (Phi) is 8.73. The molecule has 2 aliphatic carbocycles. The van der Waals surface area contributed by atoms with E-state index in [1.54, 1.807) is 0 Å². The van der Waals surface area contributed by atoms with Gasteiger partial charge in [0.25, 0.3) is 0 Å². The largest absolute Gasteiger partial charge is 0.611 e. The van der Waals surface area contributed by atoms with Gasteiger partial charge in [0.15, 0.2) is 0 Å². The summed E-state index contributed by atoms with van der Waals surface area (Å²) in [4.78, 5) is 7.83. The van der Waals surface area contributed by atoms with E-state index in [0.717, 1.165) is 65.3 Å². The Morgan fingerprint density at radius 3 is 2.50 bits per heavy atom. The van der Waals surface area contributed by atoms with Crippen molar-refractivity contribution in [3.05, 3.63) is 56.8 Å². The van der Waals surface area contributed by atoms with Crippen molar-refractivity contribution in [3.8, 4) is 0 Å². The first kappa shape index (κ1) is 26.2. The van der Waals surface area contributed by atoms with Crippen molar-refractivity contribution < 1.29 is 9.29 Å². The van der Waals surface area contributed by atoms with Gasteiger partial charge < -0.3 is 19.5 Å². The minimum atomic E-state index is -0.954. The monoisotopic (exact) mass is 483 g/mol. The summed E-state index contributed by atoms with van der Waals surface area (Å²) >= 11 is -0.954. The fourth-order valence-corrected chi connectivity index (χ4v) is 5.42. The van der Waals surface area contributed by atoms with Crippen LogP contribution in [0.15, 0.2) is 61.8 Å². The van der Waals surface area contributed by atoms with E-state index >= 15 is 0 Å². The molecule has 0 saturated heterocycles. The molecule has 8 heteroatoms. The third-order valence-electron chi connectivity index (χ3n) is 6.41. The number of hydrogen-bond acceptors (Lipinski definition) is 7. The van der Waals surface area contributed by atoms with Crippen LogP contribution in [0.1, 0.15) is 53.4 Å². The Balaban J connectivity index is 1.78. The lowest BCUT2D eigenvalue weighted by Gasteiger charge is -2.29. The van der Waals surface area contributed by atoms with Crippen LogP contribution < -0.4 is 5.32 Å². The molecule has 3 aliphatic rings. The SMILES string of the molecule is CNCC1=CC(C)=C(C(=N)OC(=N)C2=C(C)N(C)CC(C3=CC=C([S+]([O-])C(C)C)CC3)=N2)CC1. The van der Waals surface area contributed by atoms with Gasteiger partial charge in [-0.3, -0.25) is 10.8 Å². The van der Waals surface area contributed by atoms with E-state index < -0.39 is 11.2 Å². The van der Waals surface area contributed by atoms with E-state index in [0.29, 0.717) is 12.2 Å². The Morgan fingerprint density at radius 2 is 1.91 bits per heavy atom. The maximum Gasteiger partial charge on any atom is 0.241 e. The lowest BCUT2D eigenvalue weighted by molar-refractivity contribution is 0.458. The van der Waals surface area contributed by atoms with Gasteiger partial charge in [0.1, 0.15) is 15.9 Å². The van der Waals surface area contributed by atoms with Gasteiger partial charge in [0.05, 0.1) is 12.3 Å². The first-order chi connectivity index (χ1) is 16.1. The van der Waals surface area contributed by atoms with Crippen LogP contribution in [0.2, 0.25) is 0 Å². The third-order valence-corrected chi connectivity index (χ3v) is 8.12. The molecule has 0 spiro atoms. The Bertz CT molecular complexity index is 1050. The summed E-state index contributed by atoms with van der Waals surface area (Å²) in [6.45, 7) is 9.35. The summed E-state index contributed by atoms with van der Waals surface area (Å²) in [5.41, 5.74) is 6.44. The van der Waals surface area contributed by atoms with E-state index in [9.17, 15) is 4.55 Å². The fourth-order valence-electron chi connectivity index (χ4n) is 4.31. The number of ether oxygens (including phenoxy) is 1. The van der Waals surface area contributed by atoms with E-state index in [-0.39, 0.29) is 17.0 Å². The zero-order valence-electron chi connectivity index (χ0n) is 21.2. The number of aliphatic imine (C=N–C) groups is 1. The predicted octanol–water partition coefficient (Wildman–Crippen LogP) is 4.59. The smallest absolute Gasteiger partial charge is 0.241 e. The van der Waals surface area contributed by atoms with Crippen LogP contribution in [0, 0.1) is 10.8 Å². The molecule has 3 N–H and O–H groups in total. The standard InChI is InChI=1S/C26H37N5O2S/c1-16(2)34(32)21-10-8-20(9-11-21)23-15-31(6)18(4)24(30-23)26(28)33-25(27)22-12-7-19(14-29-5)13-17(22)3/h8,10,13,16,27-29H,7,9,11-12,14-15H2,1-6H3. The van der Waals surface area contributed by atoms with Gasteiger partial charge in [0.2, 0.25) is 11.8 Å². The van der Waals surface area contributed by atoms with Gasteiger partial charge in [-0.25, -0.2) is 4.99 Å². The minimum absolute atomic E-state index is 0.0214. The molecule has 0 radical (unpaired) electrons. The van der Waals surface area contributed by atoms with Gasteiger partial charge in [0, 0.05) is 31.3 Å². The number of rotatable bonds is 7. The zero-order valence-corrected chi connectivity index (χ0v) is 22.0. The highest BCUT2D eigenvalue weighted by Crippen LogP contribution is 2.29. The summed E-state index contributed by atoms with van der Waals surface area (Å²) in [5.74, 6) is -0.0847. The highest BCUT2D eigenvalue weighted by Gasteiger charge is 2.27. The fraction of sp³-hybridized carbons (Fsp3) is 0.500. The molecule has 0 aromatic carbocycles. The number of nitrogens with one attached hydrogen (secondary N) is 3. The lowest BCUT2D eigenvalue weighted by atomic mass is 9.93. The van der Waals surface area contributed by atoms with E-state index in [2.05, 4.69) is 16.3 Å². The first-order valence-corrected chi connectivity index (χ1v) is 13.0. The average molecular weight is 484 g/mol. The molecule has 1 unspecified atom stereocenters. The van der Waals surface area contributed by atoms with Crippen molar-refractivity contribution in [2.45, 2.75) is 58.6 Å². The number of hydrogen-bond donors (Lipinski definition) is 3. The highest BCUT2D eigenvalue weighted by atomic mass is 32.2. The molecule has 0 aromatic heterocycles.